The smallest absolute Gasteiger partial charge is 0.265 e. The molecule has 0 spiro atoms. The molecule has 164 valence electrons. The minimum absolute atomic E-state index is 0.0718. The second-order valence-electron chi connectivity index (χ2n) is 7.47. The summed E-state index contributed by atoms with van der Waals surface area (Å²) in [6.07, 6.45) is 1.64. The Balaban J connectivity index is 1.60. The predicted octanol–water partition coefficient (Wildman–Crippen LogP) is 2.80. The summed E-state index contributed by atoms with van der Waals surface area (Å²) in [7, 11) is -3.68. The molecule has 0 aromatic heterocycles. The molecule has 0 atom stereocenters. The molecule has 1 fully saturated rings. The van der Waals surface area contributed by atoms with Crippen molar-refractivity contribution in [3.63, 3.8) is 0 Å². The largest absolute Gasteiger partial charge is 0.482 e. The first-order chi connectivity index (χ1) is 14.8. The lowest BCUT2D eigenvalue weighted by Gasteiger charge is -2.29. The fraction of sp³-hybridized carbons (Fsp3) is 0.333. The molecule has 2 aromatic rings. The molecule has 1 N–H and O–H groups in total. The summed E-state index contributed by atoms with van der Waals surface area (Å²) < 4.78 is 32.7. The number of sulfonamides is 1. The second kappa shape index (κ2) is 8.49. The number of benzene rings is 2. The molecule has 2 aromatic carbocycles. The number of ether oxygens (including phenoxy) is 1. The van der Waals surface area contributed by atoms with Crippen molar-refractivity contribution in [3.8, 4) is 5.75 Å². The van der Waals surface area contributed by atoms with Crippen LogP contribution in [0.4, 0.5) is 11.4 Å². The fourth-order valence-electron chi connectivity index (χ4n) is 3.67. The number of hydrogen-bond donors (Lipinski definition) is 1. The SMILES string of the molecule is Cc1c(Cl)cccc1NC(=O)CN1C(=O)COc2ccc(S(=O)(=O)N3CCCC3)cc21. The number of amides is 2. The number of anilines is 2. The van der Waals surface area contributed by atoms with Gasteiger partial charge in [0.15, 0.2) is 6.61 Å². The second-order valence-corrected chi connectivity index (χ2v) is 9.81. The predicted molar refractivity (Wildman–Crippen MR) is 117 cm³/mol. The van der Waals surface area contributed by atoms with Gasteiger partial charge < -0.3 is 10.1 Å². The van der Waals surface area contributed by atoms with E-state index in [2.05, 4.69) is 5.32 Å². The van der Waals surface area contributed by atoms with Crippen molar-refractivity contribution in [1.82, 2.24) is 4.31 Å². The maximum atomic E-state index is 12.9. The van der Waals surface area contributed by atoms with Crippen molar-refractivity contribution in [2.45, 2.75) is 24.7 Å². The molecule has 0 aliphatic carbocycles. The zero-order valence-corrected chi connectivity index (χ0v) is 18.5. The van der Waals surface area contributed by atoms with Crippen LogP contribution in [-0.4, -0.2) is 50.8 Å². The molecular formula is C21H22ClN3O5S. The van der Waals surface area contributed by atoms with Gasteiger partial charge in [0.2, 0.25) is 15.9 Å². The van der Waals surface area contributed by atoms with Crippen LogP contribution >= 0.6 is 11.6 Å². The van der Waals surface area contributed by atoms with Gasteiger partial charge in [-0.15, -0.1) is 0 Å². The first-order valence-electron chi connectivity index (χ1n) is 9.90. The number of fused-ring (bicyclic) bond motifs is 1. The summed E-state index contributed by atoms with van der Waals surface area (Å²) in [4.78, 5) is 26.5. The van der Waals surface area contributed by atoms with E-state index in [0.29, 0.717) is 35.1 Å². The highest BCUT2D eigenvalue weighted by atomic mass is 35.5. The third-order valence-electron chi connectivity index (χ3n) is 5.42. The molecule has 2 amide bonds. The zero-order chi connectivity index (χ0) is 22.2. The Morgan fingerprint density at radius 1 is 1.19 bits per heavy atom. The van der Waals surface area contributed by atoms with E-state index < -0.39 is 21.8 Å². The monoisotopic (exact) mass is 463 g/mol. The third-order valence-corrected chi connectivity index (χ3v) is 7.72. The van der Waals surface area contributed by atoms with Crippen LogP contribution in [0.5, 0.6) is 5.75 Å². The van der Waals surface area contributed by atoms with E-state index in [9.17, 15) is 18.0 Å². The Morgan fingerprint density at radius 3 is 2.68 bits per heavy atom. The highest BCUT2D eigenvalue weighted by Gasteiger charge is 2.32. The van der Waals surface area contributed by atoms with E-state index in [1.54, 1.807) is 25.1 Å². The van der Waals surface area contributed by atoms with Gasteiger partial charge in [-0.25, -0.2) is 8.42 Å². The average molecular weight is 464 g/mol. The fourth-order valence-corrected chi connectivity index (χ4v) is 5.38. The zero-order valence-electron chi connectivity index (χ0n) is 16.9. The lowest BCUT2D eigenvalue weighted by atomic mass is 10.2. The molecule has 0 saturated carbocycles. The van der Waals surface area contributed by atoms with E-state index in [1.807, 2.05) is 0 Å². The normalized spacial score (nSPS) is 16.7. The summed E-state index contributed by atoms with van der Waals surface area (Å²) in [5, 5.41) is 3.27. The molecule has 0 bridgehead atoms. The van der Waals surface area contributed by atoms with Crippen molar-refractivity contribution in [2.75, 3.05) is 36.5 Å². The highest BCUT2D eigenvalue weighted by Crippen LogP contribution is 2.35. The number of halogens is 1. The Morgan fingerprint density at radius 2 is 1.94 bits per heavy atom. The highest BCUT2D eigenvalue weighted by molar-refractivity contribution is 7.89. The molecule has 2 aliphatic rings. The summed E-state index contributed by atoms with van der Waals surface area (Å²) in [6, 6.07) is 9.55. The van der Waals surface area contributed by atoms with Gasteiger partial charge in [-0.2, -0.15) is 4.31 Å². The van der Waals surface area contributed by atoms with Gasteiger partial charge >= 0.3 is 0 Å². The molecule has 8 nitrogen and oxygen atoms in total. The lowest BCUT2D eigenvalue weighted by Crippen LogP contribution is -2.43. The van der Waals surface area contributed by atoms with Crippen LogP contribution in [0.2, 0.25) is 5.02 Å². The lowest BCUT2D eigenvalue weighted by molar-refractivity contribution is -0.123. The standard InChI is InChI=1S/C21H22ClN3O5S/c1-14-16(22)5-4-6-17(14)23-20(26)12-25-18-11-15(7-8-19(18)30-13-21(25)27)31(28,29)24-9-2-3-10-24/h4-8,11H,2-3,9-10,12-13H2,1H3,(H,23,26). The first-order valence-corrected chi connectivity index (χ1v) is 11.7. The van der Waals surface area contributed by atoms with Gasteiger partial charge in [-0.3, -0.25) is 14.5 Å². The summed E-state index contributed by atoms with van der Waals surface area (Å²) >= 11 is 6.10. The molecule has 0 radical (unpaired) electrons. The van der Waals surface area contributed by atoms with Crippen LogP contribution in [0, 0.1) is 6.92 Å². The van der Waals surface area contributed by atoms with Crippen molar-refractivity contribution in [2.24, 2.45) is 0 Å². The van der Waals surface area contributed by atoms with Crippen LogP contribution < -0.4 is 15.0 Å². The number of rotatable bonds is 5. The van der Waals surface area contributed by atoms with Gasteiger partial charge in [0, 0.05) is 23.8 Å². The maximum Gasteiger partial charge on any atom is 0.265 e. The van der Waals surface area contributed by atoms with E-state index in [-0.39, 0.29) is 23.7 Å². The molecule has 0 unspecified atom stereocenters. The number of carbonyl (C=O) groups excluding carboxylic acids is 2. The number of carbonyl (C=O) groups is 2. The van der Waals surface area contributed by atoms with E-state index in [1.165, 1.54) is 27.4 Å². The Bertz CT molecular complexity index is 1150. The number of nitrogens with zero attached hydrogens (tertiary/aromatic N) is 2. The van der Waals surface area contributed by atoms with Gasteiger partial charge in [-0.1, -0.05) is 17.7 Å². The quantitative estimate of drug-likeness (QED) is 0.735. The molecular weight excluding hydrogens is 442 g/mol. The van der Waals surface area contributed by atoms with Crippen molar-refractivity contribution >= 4 is 44.8 Å². The molecule has 2 heterocycles. The van der Waals surface area contributed by atoms with Crippen molar-refractivity contribution in [1.29, 1.82) is 0 Å². The van der Waals surface area contributed by atoms with Crippen molar-refractivity contribution in [3.05, 3.63) is 47.0 Å². The Hall–Kier alpha value is -2.62. The van der Waals surface area contributed by atoms with Gasteiger partial charge in [0.25, 0.3) is 5.91 Å². The summed E-state index contributed by atoms with van der Waals surface area (Å²) in [6.45, 7) is 2.21. The molecule has 4 rings (SSSR count). The van der Waals surface area contributed by atoms with Gasteiger partial charge in [0.05, 0.1) is 10.6 Å². The van der Waals surface area contributed by atoms with E-state index in [4.69, 9.17) is 16.3 Å². The molecule has 2 aliphatic heterocycles. The Labute approximate surface area is 185 Å². The van der Waals surface area contributed by atoms with Crippen LogP contribution in [0.25, 0.3) is 0 Å². The molecule has 1 saturated heterocycles. The summed E-state index contributed by atoms with van der Waals surface area (Å²) in [5.74, 6) is -0.507. The minimum Gasteiger partial charge on any atom is -0.482 e. The topological polar surface area (TPSA) is 96.0 Å². The average Bonchev–Trinajstić information content (AvgIpc) is 3.29. The van der Waals surface area contributed by atoms with Gasteiger partial charge in [0.1, 0.15) is 12.3 Å². The number of hydrogen-bond acceptors (Lipinski definition) is 5. The van der Waals surface area contributed by atoms with Crippen LogP contribution in [0.3, 0.4) is 0 Å². The van der Waals surface area contributed by atoms with E-state index >= 15 is 0 Å². The summed E-state index contributed by atoms with van der Waals surface area (Å²) in [5.41, 5.74) is 1.52. The van der Waals surface area contributed by atoms with Crippen LogP contribution in [-0.2, 0) is 19.6 Å². The van der Waals surface area contributed by atoms with Gasteiger partial charge in [-0.05, 0) is 55.7 Å². The van der Waals surface area contributed by atoms with E-state index in [0.717, 1.165) is 12.8 Å². The third kappa shape index (κ3) is 4.26. The molecule has 31 heavy (non-hydrogen) atoms. The van der Waals surface area contributed by atoms with Crippen LogP contribution in [0.1, 0.15) is 18.4 Å². The number of nitrogens with one attached hydrogen (secondary N) is 1. The maximum absolute atomic E-state index is 12.9. The molecule has 10 heteroatoms. The van der Waals surface area contributed by atoms with Crippen molar-refractivity contribution < 1.29 is 22.7 Å². The first kappa shape index (κ1) is 21.6. The minimum atomic E-state index is -3.68. The van der Waals surface area contributed by atoms with Crippen LogP contribution in [0.15, 0.2) is 41.3 Å². The Kier molecular flexibility index (Phi) is 5.92.